The quantitative estimate of drug-likeness (QED) is 0.819. The Hall–Kier alpha value is -1.40. The predicted molar refractivity (Wildman–Crippen MR) is 75.5 cm³/mol. The van der Waals surface area contributed by atoms with Crippen molar-refractivity contribution < 1.29 is 9.53 Å². The highest BCUT2D eigenvalue weighted by atomic mass is 16.5. The van der Waals surface area contributed by atoms with Crippen molar-refractivity contribution in [3.05, 3.63) is 12.3 Å². The number of carbonyl (C=O) groups is 1. The van der Waals surface area contributed by atoms with Gasteiger partial charge in [0.15, 0.2) is 5.82 Å². The molecule has 1 aromatic heterocycles. The monoisotopic (exact) mass is 278 g/mol. The highest BCUT2D eigenvalue weighted by Crippen LogP contribution is 2.29. The van der Waals surface area contributed by atoms with Gasteiger partial charge in [0.05, 0.1) is 12.6 Å². The van der Waals surface area contributed by atoms with Gasteiger partial charge in [0, 0.05) is 18.8 Å². The lowest BCUT2D eigenvalue weighted by molar-refractivity contribution is -0.126. The first-order valence-electron chi connectivity index (χ1n) is 7.40. The molecule has 20 heavy (non-hydrogen) atoms. The van der Waals surface area contributed by atoms with E-state index in [9.17, 15) is 4.79 Å². The fourth-order valence-electron chi connectivity index (χ4n) is 2.34. The molecule has 0 spiro atoms. The van der Waals surface area contributed by atoms with Gasteiger partial charge in [-0.15, -0.1) is 0 Å². The molecule has 1 aliphatic heterocycles. The number of ether oxygens (including phenoxy) is 1. The molecule has 0 unspecified atom stereocenters. The van der Waals surface area contributed by atoms with E-state index in [1.54, 1.807) is 6.92 Å². The van der Waals surface area contributed by atoms with Gasteiger partial charge in [-0.2, -0.15) is 5.10 Å². The Bertz CT molecular complexity index is 463. The van der Waals surface area contributed by atoms with E-state index in [2.05, 4.69) is 15.7 Å². The van der Waals surface area contributed by atoms with E-state index in [1.807, 2.05) is 16.9 Å². The lowest BCUT2D eigenvalue weighted by Gasteiger charge is -2.12. The van der Waals surface area contributed by atoms with Crippen LogP contribution in [0.5, 0.6) is 0 Å². The average molecular weight is 278 g/mol. The second kappa shape index (κ2) is 5.93. The molecule has 1 amide bonds. The van der Waals surface area contributed by atoms with Crippen LogP contribution in [0.3, 0.4) is 0 Å². The Morgan fingerprint density at radius 1 is 1.60 bits per heavy atom. The summed E-state index contributed by atoms with van der Waals surface area (Å²) in [5.74, 6) is 1.14. The molecule has 110 valence electrons. The van der Waals surface area contributed by atoms with Crippen LogP contribution in [0, 0.1) is 5.92 Å². The van der Waals surface area contributed by atoms with Crippen molar-refractivity contribution in [3.8, 4) is 0 Å². The van der Waals surface area contributed by atoms with E-state index < -0.39 is 6.10 Å². The fraction of sp³-hybridized carbons (Fsp3) is 0.714. The van der Waals surface area contributed by atoms with Crippen LogP contribution in [0.1, 0.15) is 32.2 Å². The highest BCUT2D eigenvalue weighted by molar-refractivity contribution is 5.92. The third-order valence-electron chi connectivity index (χ3n) is 3.92. The van der Waals surface area contributed by atoms with Crippen LogP contribution < -0.4 is 10.6 Å². The molecule has 1 saturated carbocycles. The minimum absolute atomic E-state index is 0.125. The summed E-state index contributed by atoms with van der Waals surface area (Å²) in [5.41, 5.74) is 0. The van der Waals surface area contributed by atoms with Crippen molar-refractivity contribution in [2.75, 3.05) is 25.0 Å². The van der Waals surface area contributed by atoms with Gasteiger partial charge in [-0.1, -0.05) is 0 Å². The van der Waals surface area contributed by atoms with Crippen molar-refractivity contribution in [1.82, 2.24) is 15.1 Å². The van der Waals surface area contributed by atoms with Crippen LogP contribution in [0.15, 0.2) is 12.3 Å². The number of rotatable bonds is 6. The van der Waals surface area contributed by atoms with Crippen molar-refractivity contribution in [1.29, 1.82) is 0 Å². The summed E-state index contributed by atoms with van der Waals surface area (Å²) in [5, 5.41) is 10.5. The van der Waals surface area contributed by atoms with Gasteiger partial charge in [-0.05, 0) is 38.6 Å². The van der Waals surface area contributed by atoms with Gasteiger partial charge < -0.3 is 15.4 Å². The van der Waals surface area contributed by atoms with Gasteiger partial charge in [0.2, 0.25) is 0 Å². The zero-order valence-corrected chi connectivity index (χ0v) is 11.8. The van der Waals surface area contributed by atoms with Gasteiger partial charge in [0.25, 0.3) is 5.91 Å². The molecule has 2 aliphatic rings. The molecule has 3 rings (SSSR count). The van der Waals surface area contributed by atoms with Crippen LogP contribution >= 0.6 is 0 Å². The molecule has 2 N–H and O–H groups in total. The molecule has 1 aliphatic carbocycles. The fourth-order valence-corrected chi connectivity index (χ4v) is 2.34. The maximum absolute atomic E-state index is 12.0. The summed E-state index contributed by atoms with van der Waals surface area (Å²) in [6.07, 6.45) is 5.04. The summed E-state index contributed by atoms with van der Waals surface area (Å²) >= 11 is 0. The second-order valence-electron chi connectivity index (χ2n) is 5.74. The van der Waals surface area contributed by atoms with E-state index in [-0.39, 0.29) is 5.91 Å². The first-order chi connectivity index (χ1) is 9.72. The molecule has 6 nitrogen and oxygen atoms in total. The van der Waals surface area contributed by atoms with Crippen LogP contribution in [-0.4, -0.2) is 41.5 Å². The van der Waals surface area contributed by atoms with E-state index >= 15 is 0 Å². The summed E-state index contributed by atoms with van der Waals surface area (Å²) in [4.78, 5) is 12.0. The van der Waals surface area contributed by atoms with Crippen molar-refractivity contribution in [2.24, 2.45) is 5.92 Å². The van der Waals surface area contributed by atoms with Gasteiger partial charge >= 0.3 is 0 Å². The first-order valence-corrected chi connectivity index (χ1v) is 7.40. The number of amides is 1. The number of hydrogen-bond acceptors (Lipinski definition) is 4. The van der Waals surface area contributed by atoms with Crippen molar-refractivity contribution in [2.45, 2.75) is 38.3 Å². The Labute approximate surface area is 118 Å². The SMILES string of the molecule is C[C@@H](OCC1CC1)C(=O)Nc1ccn([C@@H]2CCNC2)n1. The third kappa shape index (κ3) is 3.37. The molecule has 6 heteroatoms. The lowest BCUT2D eigenvalue weighted by atomic mass is 10.3. The van der Waals surface area contributed by atoms with Crippen molar-refractivity contribution in [3.63, 3.8) is 0 Å². The summed E-state index contributed by atoms with van der Waals surface area (Å²) < 4.78 is 7.47. The standard InChI is InChI=1S/C14H22N4O2/c1-10(20-9-11-2-3-11)14(19)16-13-5-7-18(17-13)12-4-6-15-8-12/h5,7,10-12,15H,2-4,6,8-9H2,1H3,(H,16,17,19)/t10-,12-/m1/s1. The maximum Gasteiger partial charge on any atom is 0.254 e. The number of aromatic nitrogens is 2. The maximum atomic E-state index is 12.0. The van der Waals surface area contributed by atoms with Crippen LogP contribution in [0.25, 0.3) is 0 Å². The number of carbonyl (C=O) groups excluding carboxylic acids is 1. The molecule has 0 aromatic carbocycles. The second-order valence-corrected chi connectivity index (χ2v) is 5.74. The normalized spacial score (nSPS) is 23.8. The number of hydrogen-bond donors (Lipinski definition) is 2. The molecular weight excluding hydrogens is 256 g/mol. The summed E-state index contributed by atoms with van der Waals surface area (Å²) in [6, 6.07) is 2.23. The Balaban J connectivity index is 1.49. The first kappa shape index (κ1) is 13.6. The van der Waals surface area contributed by atoms with E-state index in [4.69, 9.17) is 4.74 Å². The third-order valence-corrected chi connectivity index (χ3v) is 3.92. The largest absolute Gasteiger partial charge is 0.368 e. The van der Waals surface area contributed by atoms with Gasteiger partial charge in [-0.25, -0.2) is 0 Å². The van der Waals surface area contributed by atoms with Crippen molar-refractivity contribution >= 4 is 11.7 Å². The average Bonchev–Trinajstić information content (AvgIpc) is 2.92. The Morgan fingerprint density at radius 3 is 3.15 bits per heavy atom. The number of anilines is 1. The van der Waals surface area contributed by atoms with E-state index in [1.165, 1.54) is 12.8 Å². The zero-order valence-electron chi connectivity index (χ0n) is 11.8. The molecule has 0 radical (unpaired) electrons. The smallest absolute Gasteiger partial charge is 0.254 e. The molecule has 0 bridgehead atoms. The topological polar surface area (TPSA) is 68.2 Å². The predicted octanol–water partition coefficient (Wildman–Crippen LogP) is 1.17. The molecular formula is C14H22N4O2. The Morgan fingerprint density at radius 2 is 2.45 bits per heavy atom. The highest BCUT2D eigenvalue weighted by Gasteiger charge is 2.24. The molecule has 2 fully saturated rings. The van der Waals surface area contributed by atoms with Crippen LogP contribution in [-0.2, 0) is 9.53 Å². The van der Waals surface area contributed by atoms with Gasteiger partial charge in [0.1, 0.15) is 6.10 Å². The van der Waals surface area contributed by atoms with E-state index in [0.29, 0.717) is 24.4 Å². The molecule has 2 heterocycles. The molecule has 2 atom stereocenters. The molecule has 1 saturated heterocycles. The van der Waals surface area contributed by atoms with Gasteiger partial charge in [-0.3, -0.25) is 9.48 Å². The zero-order chi connectivity index (χ0) is 13.9. The molecule has 1 aromatic rings. The number of nitrogens with one attached hydrogen (secondary N) is 2. The van der Waals surface area contributed by atoms with Crippen LogP contribution in [0.2, 0.25) is 0 Å². The summed E-state index contributed by atoms with van der Waals surface area (Å²) in [7, 11) is 0. The Kier molecular flexibility index (Phi) is 4.03. The lowest BCUT2D eigenvalue weighted by Crippen LogP contribution is -2.28. The van der Waals surface area contributed by atoms with Crippen LogP contribution in [0.4, 0.5) is 5.82 Å². The minimum atomic E-state index is -0.422. The minimum Gasteiger partial charge on any atom is -0.368 e. The van der Waals surface area contributed by atoms with E-state index in [0.717, 1.165) is 19.5 Å². The summed E-state index contributed by atoms with van der Waals surface area (Å²) in [6.45, 7) is 4.45. The number of nitrogens with zero attached hydrogens (tertiary/aromatic N) is 2.